The SMILES string of the molecule is CCC(CCO)CNC(=O)COCC(F)(F)F. The zero-order valence-corrected chi connectivity index (χ0v) is 9.72. The first-order chi connectivity index (χ1) is 7.89. The van der Waals surface area contributed by atoms with E-state index in [9.17, 15) is 18.0 Å². The molecule has 0 aromatic carbocycles. The monoisotopic (exact) mass is 257 g/mol. The molecule has 0 aliphatic rings. The molecule has 4 nitrogen and oxygen atoms in total. The molecule has 0 saturated carbocycles. The van der Waals surface area contributed by atoms with Crippen LogP contribution in [0, 0.1) is 5.92 Å². The summed E-state index contributed by atoms with van der Waals surface area (Å²) in [5.74, 6) is -0.447. The third-order valence-corrected chi connectivity index (χ3v) is 2.20. The minimum Gasteiger partial charge on any atom is -0.396 e. The highest BCUT2D eigenvalue weighted by atomic mass is 19.4. The highest BCUT2D eigenvalue weighted by Gasteiger charge is 2.27. The normalized spacial score (nSPS) is 13.5. The van der Waals surface area contributed by atoms with E-state index in [1.807, 2.05) is 6.92 Å². The maximum atomic E-state index is 11.7. The van der Waals surface area contributed by atoms with Gasteiger partial charge >= 0.3 is 6.18 Å². The lowest BCUT2D eigenvalue weighted by Crippen LogP contribution is -2.33. The van der Waals surface area contributed by atoms with Crippen LogP contribution in [0.5, 0.6) is 0 Å². The Hall–Kier alpha value is -0.820. The highest BCUT2D eigenvalue weighted by Crippen LogP contribution is 2.14. The topological polar surface area (TPSA) is 58.6 Å². The Bertz CT molecular complexity index is 221. The second kappa shape index (κ2) is 8.30. The second-order valence-corrected chi connectivity index (χ2v) is 3.70. The van der Waals surface area contributed by atoms with Crippen molar-refractivity contribution in [1.82, 2.24) is 5.32 Å². The summed E-state index contributed by atoms with van der Waals surface area (Å²) in [6, 6.07) is 0. The number of rotatable bonds is 8. The number of halogens is 3. The van der Waals surface area contributed by atoms with Crippen LogP contribution in [0.3, 0.4) is 0 Å². The quantitative estimate of drug-likeness (QED) is 0.684. The third-order valence-electron chi connectivity index (χ3n) is 2.20. The zero-order chi connectivity index (χ0) is 13.3. The van der Waals surface area contributed by atoms with E-state index in [2.05, 4.69) is 10.1 Å². The first-order valence-electron chi connectivity index (χ1n) is 5.41. The fraction of sp³-hybridized carbons (Fsp3) is 0.900. The van der Waals surface area contributed by atoms with Crippen LogP contribution in [0.25, 0.3) is 0 Å². The summed E-state index contributed by atoms with van der Waals surface area (Å²) in [7, 11) is 0. The van der Waals surface area contributed by atoms with Gasteiger partial charge in [-0.2, -0.15) is 13.2 Å². The minimum absolute atomic E-state index is 0.0267. The van der Waals surface area contributed by atoms with E-state index in [0.717, 1.165) is 6.42 Å². The number of alkyl halides is 3. The summed E-state index contributed by atoms with van der Waals surface area (Å²) in [6.45, 7) is 0.250. The van der Waals surface area contributed by atoms with Crippen molar-refractivity contribution in [3.05, 3.63) is 0 Å². The number of carbonyl (C=O) groups is 1. The highest BCUT2D eigenvalue weighted by molar-refractivity contribution is 5.77. The van der Waals surface area contributed by atoms with Crippen LogP contribution >= 0.6 is 0 Å². The van der Waals surface area contributed by atoms with Crippen molar-refractivity contribution in [1.29, 1.82) is 0 Å². The first-order valence-corrected chi connectivity index (χ1v) is 5.41. The maximum absolute atomic E-state index is 11.7. The van der Waals surface area contributed by atoms with E-state index in [4.69, 9.17) is 5.11 Å². The molecule has 1 amide bonds. The molecule has 0 saturated heterocycles. The Kier molecular flexibility index (Phi) is 7.90. The van der Waals surface area contributed by atoms with Crippen molar-refractivity contribution in [2.24, 2.45) is 5.92 Å². The molecule has 7 heteroatoms. The number of carbonyl (C=O) groups excluding carboxylic acids is 1. The van der Waals surface area contributed by atoms with Crippen molar-refractivity contribution in [3.8, 4) is 0 Å². The van der Waals surface area contributed by atoms with Crippen LogP contribution in [0.4, 0.5) is 13.2 Å². The number of hydrogen-bond acceptors (Lipinski definition) is 3. The second-order valence-electron chi connectivity index (χ2n) is 3.70. The van der Waals surface area contributed by atoms with Gasteiger partial charge in [0.2, 0.25) is 5.91 Å². The molecule has 2 N–H and O–H groups in total. The minimum atomic E-state index is -4.41. The summed E-state index contributed by atoms with van der Waals surface area (Å²) in [5, 5.41) is 11.2. The molecule has 102 valence electrons. The van der Waals surface area contributed by atoms with E-state index in [1.165, 1.54) is 0 Å². The molecule has 17 heavy (non-hydrogen) atoms. The van der Waals surface area contributed by atoms with Crippen LogP contribution in [0.2, 0.25) is 0 Å². The molecule has 0 heterocycles. The summed E-state index contributed by atoms with van der Waals surface area (Å²) in [5.41, 5.74) is 0. The molecule has 0 aromatic rings. The average Bonchev–Trinajstić information content (AvgIpc) is 2.22. The number of nitrogens with one attached hydrogen (secondary N) is 1. The van der Waals surface area contributed by atoms with E-state index in [-0.39, 0.29) is 12.5 Å². The Labute approximate surface area is 98.1 Å². The lowest BCUT2D eigenvalue weighted by Gasteiger charge is -2.14. The summed E-state index contributed by atoms with van der Waals surface area (Å²) >= 11 is 0. The molecule has 0 aromatic heterocycles. The lowest BCUT2D eigenvalue weighted by atomic mass is 10.0. The van der Waals surface area contributed by atoms with Crippen molar-refractivity contribution in [2.45, 2.75) is 25.9 Å². The number of ether oxygens (including phenoxy) is 1. The summed E-state index contributed by atoms with van der Waals surface area (Å²) < 4.78 is 39.3. The Morgan fingerprint density at radius 2 is 2.12 bits per heavy atom. The molecule has 0 aliphatic heterocycles. The van der Waals surface area contributed by atoms with Gasteiger partial charge in [0, 0.05) is 13.2 Å². The molecular weight excluding hydrogens is 239 g/mol. The smallest absolute Gasteiger partial charge is 0.396 e. The molecular formula is C10H18F3NO3. The van der Waals surface area contributed by atoms with Gasteiger partial charge in [0.1, 0.15) is 13.2 Å². The molecule has 1 atom stereocenters. The average molecular weight is 257 g/mol. The van der Waals surface area contributed by atoms with Crippen LogP contribution in [-0.4, -0.2) is 43.6 Å². The molecule has 0 radical (unpaired) electrons. The lowest BCUT2D eigenvalue weighted by molar-refractivity contribution is -0.175. The van der Waals surface area contributed by atoms with Gasteiger partial charge in [-0.1, -0.05) is 13.3 Å². The van der Waals surface area contributed by atoms with Gasteiger partial charge in [0.25, 0.3) is 0 Å². The maximum Gasteiger partial charge on any atom is 0.411 e. The molecule has 0 fully saturated rings. The van der Waals surface area contributed by atoms with Crippen LogP contribution in [-0.2, 0) is 9.53 Å². The van der Waals surface area contributed by atoms with Crippen molar-refractivity contribution in [2.75, 3.05) is 26.4 Å². The summed E-state index contributed by atoms with van der Waals surface area (Å²) in [4.78, 5) is 11.1. The van der Waals surface area contributed by atoms with Crippen molar-refractivity contribution >= 4 is 5.91 Å². The van der Waals surface area contributed by atoms with E-state index < -0.39 is 25.3 Å². The van der Waals surface area contributed by atoms with Gasteiger partial charge in [0.05, 0.1) is 0 Å². The van der Waals surface area contributed by atoms with Gasteiger partial charge in [0.15, 0.2) is 0 Å². The number of aliphatic hydroxyl groups is 1. The molecule has 0 aliphatic carbocycles. The third kappa shape index (κ3) is 10.1. The first kappa shape index (κ1) is 16.2. The van der Waals surface area contributed by atoms with Gasteiger partial charge in [-0.25, -0.2) is 0 Å². The summed E-state index contributed by atoms with van der Waals surface area (Å²) in [6.07, 6.45) is -3.08. The Morgan fingerprint density at radius 3 is 2.59 bits per heavy atom. The fourth-order valence-electron chi connectivity index (χ4n) is 1.20. The van der Waals surface area contributed by atoms with Crippen LogP contribution in [0.15, 0.2) is 0 Å². The zero-order valence-electron chi connectivity index (χ0n) is 9.72. The predicted octanol–water partition coefficient (Wildman–Crippen LogP) is 1.09. The standard InChI is InChI=1S/C10H18F3NO3/c1-2-8(3-4-15)5-14-9(16)6-17-7-10(11,12)13/h8,15H,2-7H2,1H3,(H,14,16). The number of hydrogen-bond donors (Lipinski definition) is 2. The van der Waals surface area contributed by atoms with E-state index in [1.54, 1.807) is 0 Å². The van der Waals surface area contributed by atoms with Crippen molar-refractivity contribution in [3.63, 3.8) is 0 Å². The number of aliphatic hydroxyl groups excluding tert-OH is 1. The van der Waals surface area contributed by atoms with Gasteiger partial charge in [-0.3, -0.25) is 4.79 Å². The Balaban J connectivity index is 3.65. The molecule has 1 unspecified atom stereocenters. The molecule has 0 rings (SSSR count). The largest absolute Gasteiger partial charge is 0.411 e. The Morgan fingerprint density at radius 1 is 1.47 bits per heavy atom. The molecule has 0 spiro atoms. The van der Waals surface area contributed by atoms with E-state index >= 15 is 0 Å². The van der Waals surface area contributed by atoms with Gasteiger partial charge in [-0.05, 0) is 12.3 Å². The van der Waals surface area contributed by atoms with E-state index in [0.29, 0.717) is 13.0 Å². The predicted molar refractivity (Wildman–Crippen MR) is 55.4 cm³/mol. The van der Waals surface area contributed by atoms with Gasteiger partial charge in [-0.15, -0.1) is 0 Å². The van der Waals surface area contributed by atoms with Crippen LogP contribution in [0.1, 0.15) is 19.8 Å². The van der Waals surface area contributed by atoms with Gasteiger partial charge < -0.3 is 15.2 Å². The molecule has 0 bridgehead atoms. The van der Waals surface area contributed by atoms with Crippen molar-refractivity contribution < 1.29 is 27.8 Å². The van der Waals surface area contributed by atoms with Crippen LogP contribution < -0.4 is 5.32 Å². The number of amides is 1. The fourth-order valence-corrected chi connectivity index (χ4v) is 1.20.